The van der Waals surface area contributed by atoms with Gasteiger partial charge in [-0.1, -0.05) is 26.7 Å². The van der Waals surface area contributed by atoms with E-state index in [4.69, 9.17) is 20.1 Å². The lowest BCUT2D eigenvalue weighted by Crippen LogP contribution is -2.33. The topological polar surface area (TPSA) is 86.7 Å². The fourth-order valence-electron chi connectivity index (χ4n) is 0.540. The monoisotopic (exact) mass is 195 g/mol. The van der Waals surface area contributed by atoms with E-state index in [9.17, 15) is 0 Å². The van der Waals surface area contributed by atoms with Crippen LogP contribution in [0.4, 0.5) is 0 Å². The highest BCUT2D eigenvalue weighted by atomic mass is 28.4. The van der Waals surface area contributed by atoms with Crippen LogP contribution in [0.2, 0.25) is 6.04 Å². The first-order chi connectivity index (χ1) is 5.47. The van der Waals surface area contributed by atoms with Crippen molar-refractivity contribution in [3.63, 3.8) is 0 Å². The molecule has 0 radical (unpaired) electrons. The minimum absolute atomic E-state index is 0.146. The second-order valence-electron chi connectivity index (χ2n) is 2.67. The summed E-state index contributed by atoms with van der Waals surface area (Å²) in [6, 6.07) is 0.146. The molecule has 0 aromatic carbocycles. The van der Waals surface area contributed by atoms with Gasteiger partial charge in [0.25, 0.3) is 0 Å². The molecular formula is C7H21NO3Si. The van der Waals surface area contributed by atoms with Crippen LogP contribution < -0.4 is 5.73 Å². The quantitative estimate of drug-likeness (QED) is 0.478. The van der Waals surface area contributed by atoms with E-state index in [0.29, 0.717) is 6.42 Å². The van der Waals surface area contributed by atoms with E-state index in [1.165, 1.54) is 12.8 Å². The highest BCUT2D eigenvalue weighted by molar-refractivity contribution is 6.56. The molecule has 76 valence electrons. The summed E-state index contributed by atoms with van der Waals surface area (Å²) in [6.45, 7) is 4.76. The Morgan fingerprint density at radius 2 is 1.58 bits per heavy atom. The maximum atomic E-state index is 8.27. The summed E-state index contributed by atoms with van der Waals surface area (Å²) in [7, 11) is -3.66. The lowest BCUT2D eigenvalue weighted by molar-refractivity contribution is 0.227. The second-order valence-corrected chi connectivity index (χ2v) is 4.72. The zero-order valence-corrected chi connectivity index (χ0v) is 8.95. The summed E-state index contributed by atoms with van der Waals surface area (Å²) in [4.78, 5) is 24.8. The van der Waals surface area contributed by atoms with Gasteiger partial charge in [-0.2, -0.15) is 0 Å². The zero-order chi connectivity index (χ0) is 10.0. The third kappa shape index (κ3) is 22.5. The van der Waals surface area contributed by atoms with Gasteiger partial charge >= 0.3 is 8.80 Å². The van der Waals surface area contributed by atoms with E-state index in [-0.39, 0.29) is 6.04 Å². The molecule has 0 saturated heterocycles. The zero-order valence-electron chi connectivity index (χ0n) is 7.95. The van der Waals surface area contributed by atoms with Crippen LogP contribution in [-0.4, -0.2) is 29.7 Å². The highest BCUT2D eigenvalue weighted by Crippen LogP contribution is 1.97. The van der Waals surface area contributed by atoms with Crippen molar-refractivity contribution < 1.29 is 14.4 Å². The van der Waals surface area contributed by atoms with Crippen molar-refractivity contribution in [3.05, 3.63) is 0 Å². The molecule has 0 aromatic heterocycles. The number of nitrogens with two attached hydrogens (primary N) is 1. The van der Waals surface area contributed by atoms with Crippen LogP contribution in [0.5, 0.6) is 0 Å². The molecule has 12 heavy (non-hydrogen) atoms. The minimum Gasteiger partial charge on any atom is -0.390 e. The van der Waals surface area contributed by atoms with Gasteiger partial charge in [0, 0.05) is 6.04 Å². The van der Waals surface area contributed by atoms with Crippen LogP contribution in [-0.2, 0) is 0 Å². The Morgan fingerprint density at radius 3 is 1.58 bits per heavy atom. The van der Waals surface area contributed by atoms with E-state index in [1.807, 2.05) is 0 Å². The molecule has 5 N–H and O–H groups in total. The van der Waals surface area contributed by atoms with Crippen LogP contribution in [0.1, 0.15) is 33.1 Å². The average Bonchev–Trinajstić information content (AvgIpc) is 1.87. The first-order valence-corrected chi connectivity index (χ1v) is 6.40. The Bertz CT molecular complexity index is 83.2. The Labute approximate surface area is 75.4 Å². The number of hydrogen-bond donors (Lipinski definition) is 4. The molecule has 0 saturated carbocycles. The van der Waals surface area contributed by atoms with Crippen molar-refractivity contribution >= 4 is 8.80 Å². The third-order valence-corrected chi connectivity index (χ3v) is 2.31. The summed E-state index contributed by atoms with van der Waals surface area (Å²) >= 11 is 0. The fourth-order valence-corrected chi connectivity index (χ4v) is 1.21. The molecule has 0 bridgehead atoms. The average molecular weight is 195 g/mol. The van der Waals surface area contributed by atoms with E-state index >= 15 is 0 Å². The SMILES string of the molecule is CCCCN.CCC[Si](O)(O)O. The van der Waals surface area contributed by atoms with E-state index in [0.717, 1.165) is 6.54 Å². The molecular weight excluding hydrogens is 174 g/mol. The number of unbranched alkanes of at least 4 members (excludes halogenated alkanes) is 1. The molecule has 0 rings (SSSR count). The molecule has 4 nitrogen and oxygen atoms in total. The van der Waals surface area contributed by atoms with Gasteiger partial charge in [0.1, 0.15) is 0 Å². The minimum atomic E-state index is -3.66. The van der Waals surface area contributed by atoms with E-state index < -0.39 is 8.80 Å². The molecule has 0 unspecified atom stereocenters. The molecule has 0 fully saturated rings. The molecule has 0 amide bonds. The first kappa shape index (κ1) is 14.6. The summed E-state index contributed by atoms with van der Waals surface area (Å²) in [6.07, 6.45) is 3.01. The Balaban J connectivity index is 0. The molecule has 0 aromatic rings. The summed E-state index contributed by atoms with van der Waals surface area (Å²) in [5.41, 5.74) is 5.14. The van der Waals surface area contributed by atoms with Crippen LogP contribution >= 0.6 is 0 Å². The third-order valence-electron chi connectivity index (χ3n) is 1.14. The van der Waals surface area contributed by atoms with Crippen molar-refractivity contribution in [3.8, 4) is 0 Å². The van der Waals surface area contributed by atoms with E-state index in [2.05, 4.69) is 6.92 Å². The molecule has 0 aliphatic rings. The van der Waals surface area contributed by atoms with Crippen LogP contribution in [0.15, 0.2) is 0 Å². The largest absolute Gasteiger partial charge is 0.492 e. The smallest absolute Gasteiger partial charge is 0.390 e. The maximum absolute atomic E-state index is 8.27. The maximum Gasteiger partial charge on any atom is 0.492 e. The predicted octanol–water partition coefficient (Wildman–Crippen LogP) is 0.0574. The molecule has 5 heteroatoms. The fraction of sp³-hybridized carbons (Fsp3) is 1.00. The molecule has 0 aliphatic heterocycles. The van der Waals surface area contributed by atoms with Gasteiger partial charge in [0.15, 0.2) is 0 Å². The van der Waals surface area contributed by atoms with Gasteiger partial charge in [0.05, 0.1) is 0 Å². The number of rotatable bonds is 4. The van der Waals surface area contributed by atoms with Gasteiger partial charge in [-0.25, -0.2) is 0 Å². The summed E-state index contributed by atoms with van der Waals surface area (Å²) in [5, 5.41) is 0. The van der Waals surface area contributed by atoms with Crippen molar-refractivity contribution in [1.82, 2.24) is 0 Å². The first-order valence-electron chi connectivity index (χ1n) is 4.35. The van der Waals surface area contributed by atoms with Gasteiger partial charge in [-0.05, 0) is 13.0 Å². The molecule has 0 aliphatic carbocycles. The Kier molecular flexibility index (Phi) is 11.1. The van der Waals surface area contributed by atoms with Crippen molar-refractivity contribution in [2.45, 2.75) is 39.2 Å². The van der Waals surface area contributed by atoms with Crippen molar-refractivity contribution in [2.75, 3.05) is 6.54 Å². The predicted molar refractivity (Wildman–Crippen MR) is 51.5 cm³/mol. The highest BCUT2D eigenvalue weighted by Gasteiger charge is 2.24. The Hall–Kier alpha value is 0.0569. The van der Waals surface area contributed by atoms with E-state index in [1.54, 1.807) is 6.92 Å². The van der Waals surface area contributed by atoms with Gasteiger partial charge in [0.2, 0.25) is 0 Å². The van der Waals surface area contributed by atoms with Crippen LogP contribution in [0.3, 0.4) is 0 Å². The lowest BCUT2D eigenvalue weighted by atomic mass is 10.3. The number of hydrogen-bond acceptors (Lipinski definition) is 4. The summed E-state index contributed by atoms with van der Waals surface area (Å²) < 4.78 is 0. The summed E-state index contributed by atoms with van der Waals surface area (Å²) in [5.74, 6) is 0. The van der Waals surface area contributed by atoms with Crippen molar-refractivity contribution in [2.24, 2.45) is 5.73 Å². The van der Waals surface area contributed by atoms with Gasteiger partial charge < -0.3 is 20.1 Å². The Morgan fingerprint density at radius 1 is 1.08 bits per heavy atom. The van der Waals surface area contributed by atoms with Crippen LogP contribution in [0, 0.1) is 0 Å². The second kappa shape index (κ2) is 9.15. The standard InChI is InChI=1S/C4H11N.C3H10O3Si/c1-2-3-4-5;1-2-3-7(4,5)6/h2-5H2,1H3;4-6H,2-3H2,1H3. The molecule has 0 heterocycles. The lowest BCUT2D eigenvalue weighted by Gasteiger charge is -2.04. The normalized spacial score (nSPS) is 10.5. The van der Waals surface area contributed by atoms with Gasteiger partial charge in [-0.15, -0.1) is 0 Å². The van der Waals surface area contributed by atoms with Crippen molar-refractivity contribution in [1.29, 1.82) is 0 Å². The molecule has 0 spiro atoms. The molecule has 0 atom stereocenters. The van der Waals surface area contributed by atoms with Crippen LogP contribution in [0.25, 0.3) is 0 Å². The van der Waals surface area contributed by atoms with Gasteiger partial charge in [-0.3, -0.25) is 0 Å².